The summed E-state index contributed by atoms with van der Waals surface area (Å²) < 4.78 is 10.7. The number of hydroxylamine groups is 1. The molecule has 0 spiro atoms. The fourth-order valence-electron chi connectivity index (χ4n) is 3.30. The number of hydrogen-bond donors (Lipinski definition) is 2. The molecule has 2 atom stereocenters. The molecule has 0 aromatic heterocycles. The molecular weight excluding hydrogens is 334 g/mol. The first-order valence-corrected chi connectivity index (χ1v) is 8.41. The molecular formula is C20H21NO5. The van der Waals surface area contributed by atoms with Crippen molar-refractivity contribution in [3.8, 4) is 5.75 Å². The van der Waals surface area contributed by atoms with E-state index >= 15 is 0 Å². The molecule has 1 aliphatic rings. The molecule has 6 nitrogen and oxygen atoms in total. The Labute approximate surface area is 151 Å². The van der Waals surface area contributed by atoms with Gasteiger partial charge in [0.1, 0.15) is 11.2 Å². The summed E-state index contributed by atoms with van der Waals surface area (Å²) in [5.74, 6) is -1.12. The molecule has 0 radical (unpaired) electrons. The Morgan fingerprint density at radius 3 is 2.65 bits per heavy atom. The average molecular weight is 355 g/mol. The number of nitrogens with one attached hydrogen (secondary N) is 1. The molecule has 1 amide bonds. The van der Waals surface area contributed by atoms with E-state index < -0.39 is 23.2 Å². The Bertz CT molecular complexity index is 792. The topological polar surface area (TPSA) is 84.9 Å². The Morgan fingerprint density at radius 2 is 1.96 bits per heavy atom. The summed E-state index contributed by atoms with van der Waals surface area (Å²) in [5, 5.41) is 8.88. The maximum Gasteiger partial charge on any atom is 0.317 e. The summed E-state index contributed by atoms with van der Waals surface area (Å²) in [5.41, 5.74) is 2.38. The van der Waals surface area contributed by atoms with E-state index in [0.717, 1.165) is 6.42 Å². The van der Waals surface area contributed by atoms with Crippen molar-refractivity contribution in [3.63, 3.8) is 0 Å². The molecule has 0 saturated heterocycles. The number of methoxy groups -OCH3 is 1. The van der Waals surface area contributed by atoms with Crippen LogP contribution >= 0.6 is 0 Å². The Kier molecular flexibility index (Phi) is 5.23. The van der Waals surface area contributed by atoms with Gasteiger partial charge in [-0.15, -0.1) is 0 Å². The first kappa shape index (κ1) is 17.9. The Hall–Kier alpha value is -2.86. The number of hydrogen-bond acceptors (Lipinski definition) is 5. The largest absolute Gasteiger partial charge is 0.493 e. The zero-order valence-electron chi connectivity index (χ0n) is 14.5. The molecule has 0 bridgehead atoms. The summed E-state index contributed by atoms with van der Waals surface area (Å²) in [4.78, 5) is 24.1. The summed E-state index contributed by atoms with van der Waals surface area (Å²) in [6.07, 6.45) is 1.06. The second kappa shape index (κ2) is 7.58. The predicted molar refractivity (Wildman–Crippen MR) is 93.8 cm³/mol. The van der Waals surface area contributed by atoms with E-state index in [1.165, 1.54) is 12.7 Å². The van der Waals surface area contributed by atoms with Crippen LogP contribution in [0.5, 0.6) is 5.75 Å². The van der Waals surface area contributed by atoms with E-state index in [1.807, 2.05) is 36.4 Å². The predicted octanol–water partition coefficient (Wildman–Crippen LogP) is 2.24. The Balaban J connectivity index is 1.73. The molecule has 2 aromatic carbocycles. The lowest BCUT2D eigenvalue weighted by atomic mass is 9.92. The summed E-state index contributed by atoms with van der Waals surface area (Å²) in [7, 11) is 1.29. The molecule has 26 heavy (non-hydrogen) atoms. The number of carbonyl (C=O) groups is 2. The summed E-state index contributed by atoms with van der Waals surface area (Å²) >= 11 is 0. The van der Waals surface area contributed by atoms with Crippen molar-refractivity contribution in [1.82, 2.24) is 5.48 Å². The van der Waals surface area contributed by atoms with E-state index in [2.05, 4.69) is 0 Å². The van der Waals surface area contributed by atoms with Crippen LogP contribution in [0, 0.1) is 5.92 Å². The van der Waals surface area contributed by atoms with Gasteiger partial charge in [-0.2, -0.15) is 0 Å². The molecule has 2 N–H and O–H groups in total. The van der Waals surface area contributed by atoms with E-state index in [4.69, 9.17) is 14.7 Å². The van der Waals surface area contributed by atoms with Gasteiger partial charge in [-0.25, -0.2) is 5.48 Å². The number of amides is 1. The number of carbonyl (C=O) groups excluding carboxylic acids is 2. The van der Waals surface area contributed by atoms with Crippen molar-refractivity contribution in [2.45, 2.75) is 18.3 Å². The minimum absolute atomic E-state index is 0.291. The van der Waals surface area contributed by atoms with Crippen LogP contribution in [0.2, 0.25) is 0 Å². The molecule has 136 valence electrons. The van der Waals surface area contributed by atoms with Gasteiger partial charge < -0.3 is 9.47 Å². The maximum absolute atomic E-state index is 12.3. The van der Waals surface area contributed by atoms with Gasteiger partial charge in [0.25, 0.3) is 0 Å². The quantitative estimate of drug-likeness (QED) is 0.452. The highest BCUT2D eigenvalue weighted by Gasteiger charge is 2.65. The van der Waals surface area contributed by atoms with Crippen LogP contribution in [0.3, 0.4) is 0 Å². The highest BCUT2D eigenvalue weighted by molar-refractivity contribution is 5.97. The van der Waals surface area contributed by atoms with E-state index in [9.17, 15) is 9.59 Å². The van der Waals surface area contributed by atoms with Gasteiger partial charge in [0.2, 0.25) is 5.91 Å². The first-order chi connectivity index (χ1) is 12.6. The van der Waals surface area contributed by atoms with Crippen LogP contribution in [-0.4, -0.2) is 30.8 Å². The summed E-state index contributed by atoms with van der Waals surface area (Å²) in [6.45, 7) is 0.499. The van der Waals surface area contributed by atoms with Crippen LogP contribution in [-0.2, 0) is 26.2 Å². The van der Waals surface area contributed by atoms with Crippen molar-refractivity contribution in [2.75, 3.05) is 13.7 Å². The maximum atomic E-state index is 12.3. The fourth-order valence-corrected chi connectivity index (χ4v) is 3.30. The second-order valence-electron chi connectivity index (χ2n) is 6.31. The SMILES string of the molecule is COC(=O)[C@]1(c2cccc(OCCc3ccccc3)c2)C[C@H]1C(=O)NO. The summed E-state index contributed by atoms with van der Waals surface area (Å²) in [6, 6.07) is 17.1. The molecule has 1 saturated carbocycles. The third-order valence-electron chi connectivity index (χ3n) is 4.79. The van der Waals surface area contributed by atoms with Crippen molar-refractivity contribution in [1.29, 1.82) is 0 Å². The van der Waals surface area contributed by atoms with Crippen LogP contribution < -0.4 is 10.2 Å². The van der Waals surface area contributed by atoms with Gasteiger partial charge in [-0.05, 0) is 29.7 Å². The standard InChI is InChI=1S/C20H21NO5/c1-25-19(23)20(13-17(20)18(22)21-24)15-8-5-9-16(12-15)26-11-10-14-6-3-2-4-7-14/h2-9,12,17,24H,10-11,13H2,1H3,(H,21,22)/t17-,20-/m0/s1. The van der Waals surface area contributed by atoms with Crippen LogP contribution in [0.1, 0.15) is 17.5 Å². The number of rotatable bonds is 7. The van der Waals surface area contributed by atoms with Crippen LogP contribution in [0.4, 0.5) is 0 Å². The monoisotopic (exact) mass is 355 g/mol. The molecule has 1 fully saturated rings. The zero-order valence-corrected chi connectivity index (χ0v) is 14.5. The van der Waals surface area contributed by atoms with Gasteiger partial charge in [0.05, 0.1) is 19.6 Å². The number of esters is 1. The van der Waals surface area contributed by atoms with Crippen molar-refractivity contribution >= 4 is 11.9 Å². The molecule has 6 heteroatoms. The number of ether oxygens (including phenoxy) is 2. The van der Waals surface area contributed by atoms with E-state index in [0.29, 0.717) is 24.3 Å². The van der Waals surface area contributed by atoms with E-state index in [1.54, 1.807) is 23.7 Å². The molecule has 1 aliphatic carbocycles. The van der Waals surface area contributed by atoms with Gasteiger partial charge >= 0.3 is 5.97 Å². The Morgan fingerprint density at radius 1 is 1.19 bits per heavy atom. The molecule has 0 aliphatic heterocycles. The lowest BCUT2D eigenvalue weighted by molar-refractivity contribution is -0.146. The fraction of sp³-hybridized carbons (Fsp3) is 0.300. The minimum Gasteiger partial charge on any atom is -0.493 e. The zero-order chi connectivity index (χ0) is 18.6. The van der Waals surface area contributed by atoms with Gasteiger partial charge in [0.15, 0.2) is 0 Å². The third kappa shape index (κ3) is 3.41. The molecule has 3 rings (SSSR count). The lowest BCUT2D eigenvalue weighted by Gasteiger charge is -2.16. The highest BCUT2D eigenvalue weighted by Crippen LogP contribution is 2.55. The highest BCUT2D eigenvalue weighted by atomic mass is 16.5. The van der Waals surface area contributed by atoms with Crippen molar-refractivity contribution in [3.05, 3.63) is 65.7 Å². The minimum atomic E-state index is -1.07. The normalized spacial score (nSPS) is 20.9. The molecule has 2 aromatic rings. The van der Waals surface area contributed by atoms with E-state index in [-0.39, 0.29) is 0 Å². The van der Waals surface area contributed by atoms with Crippen molar-refractivity contribution < 1.29 is 24.3 Å². The van der Waals surface area contributed by atoms with Gasteiger partial charge in [-0.1, -0.05) is 42.5 Å². The van der Waals surface area contributed by atoms with Crippen LogP contribution in [0.25, 0.3) is 0 Å². The van der Waals surface area contributed by atoms with Crippen molar-refractivity contribution in [2.24, 2.45) is 5.92 Å². The number of benzene rings is 2. The van der Waals surface area contributed by atoms with Gasteiger partial charge in [-0.3, -0.25) is 14.8 Å². The second-order valence-corrected chi connectivity index (χ2v) is 6.31. The molecule has 0 unspecified atom stereocenters. The molecule has 0 heterocycles. The lowest BCUT2D eigenvalue weighted by Crippen LogP contribution is -2.31. The first-order valence-electron chi connectivity index (χ1n) is 8.41. The van der Waals surface area contributed by atoms with Gasteiger partial charge in [0, 0.05) is 6.42 Å². The third-order valence-corrected chi connectivity index (χ3v) is 4.79. The van der Waals surface area contributed by atoms with Crippen LogP contribution in [0.15, 0.2) is 54.6 Å². The average Bonchev–Trinajstić information content (AvgIpc) is 3.45. The smallest absolute Gasteiger partial charge is 0.317 e.